The molecule has 3 heterocycles. The number of aromatic amines is 2. The van der Waals surface area contributed by atoms with Gasteiger partial charge in [-0.3, -0.25) is 5.10 Å². The van der Waals surface area contributed by atoms with Gasteiger partial charge in [0.2, 0.25) is 0 Å². The van der Waals surface area contributed by atoms with Crippen LogP contribution in [0.25, 0.3) is 22.6 Å². The first kappa shape index (κ1) is 22.3. The molecule has 8 heteroatoms. The summed E-state index contributed by atoms with van der Waals surface area (Å²) in [5.41, 5.74) is 6.22. The lowest BCUT2D eigenvalue weighted by atomic mass is 10.1. The summed E-state index contributed by atoms with van der Waals surface area (Å²) < 4.78 is 10.8. The Bertz CT molecular complexity index is 1250. The Balaban J connectivity index is 1.35. The van der Waals surface area contributed by atoms with Gasteiger partial charge in [0.15, 0.2) is 5.82 Å². The van der Waals surface area contributed by atoms with Gasteiger partial charge < -0.3 is 24.7 Å². The largest absolute Gasteiger partial charge is 0.497 e. The molecule has 0 aliphatic carbocycles. The van der Waals surface area contributed by atoms with Crippen molar-refractivity contribution in [3.63, 3.8) is 0 Å². The quantitative estimate of drug-likeness (QED) is 0.387. The summed E-state index contributed by atoms with van der Waals surface area (Å²) in [6, 6.07) is 15.3. The monoisotopic (exact) mass is 460 g/mol. The highest BCUT2D eigenvalue weighted by atomic mass is 16.5. The molecule has 5 rings (SSSR count). The molecule has 34 heavy (non-hydrogen) atoms. The summed E-state index contributed by atoms with van der Waals surface area (Å²) in [6.45, 7) is 6.39. The molecule has 2 aromatic carbocycles. The van der Waals surface area contributed by atoms with E-state index in [0.29, 0.717) is 12.1 Å². The zero-order chi connectivity index (χ0) is 23.7. The van der Waals surface area contributed by atoms with E-state index in [-0.39, 0.29) is 0 Å². The zero-order valence-corrected chi connectivity index (χ0v) is 20.2. The molecule has 0 bridgehead atoms. The first-order valence-corrected chi connectivity index (χ1v) is 11.8. The molecule has 1 aliphatic rings. The number of aromatic nitrogens is 4. The molecule has 2 aromatic heterocycles. The summed E-state index contributed by atoms with van der Waals surface area (Å²) >= 11 is 0. The number of piperazine rings is 1. The molecular weight excluding hydrogens is 428 g/mol. The van der Waals surface area contributed by atoms with Crippen molar-refractivity contribution >= 4 is 16.7 Å². The fraction of sp³-hybridized carbons (Fsp3) is 0.385. The van der Waals surface area contributed by atoms with Crippen LogP contribution in [0, 0.1) is 0 Å². The van der Waals surface area contributed by atoms with E-state index < -0.39 is 0 Å². The molecule has 0 radical (unpaired) electrons. The van der Waals surface area contributed by atoms with Crippen LogP contribution in [0.3, 0.4) is 0 Å². The molecule has 8 nitrogen and oxygen atoms in total. The molecule has 1 saturated heterocycles. The van der Waals surface area contributed by atoms with Gasteiger partial charge in [0.05, 0.1) is 25.4 Å². The number of H-pyrrole nitrogens is 2. The summed E-state index contributed by atoms with van der Waals surface area (Å²) in [5, 5.41) is 11.3. The van der Waals surface area contributed by atoms with Crippen LogP contribution in [-0.4, -0.2) is 59.6 Å². The first-order chi connectivity index (χ1) is 16.5. The van der Waals surface area contributed by atoms with Crippen molar-refractivity contribution in [2.24, 2.45) is 0 Å². The number of hydrogen-bond donors (Lipinski definition) is 3. The molecule has 0 unspecified atom stereocenters. The van der Waals surface area contributed by atoms with Crippen molar-refractivity contribution in [2.45, 2.75) is 38.8 Å². The first-order valence-electron chi connectivity index (χ1n) is 11.8. The zero-order valence-electron chi connectivity index (χ0n) is 20.2. The van der Waals surface area contributed by atoms with Gasteiger partial charge in [0.1, 0.15) is 22.7 Å². The molecule has 0 amide bonds. The lowest BCUT2D eigenvalue weighted by Crippen LogP contribution is -2.54. The Kier molecular flexibility index (Phi) is 6.15. The van der Waals surface area contributed by atoms with E-state index >= 15 is 0 Å². The highest BCUT2D eigenvalue weighted by molar-refractivity contribution is 5.91. The minimum atomic E-state index is 0.441. The van der Waals surface area contributed by atoms with E-state index in [1.54, 1.807) is 14.2 Å². The number of nitrogens with one attached hydrogen (secondary N) is 3. The second-order valence-electron chi connectivity index (χ2n) is 9.13. The maximum atomic E-state index is 5.39. The second-order valence-corrected chi connectivity index (χ2v) is 9.13. The fourth-order valence-electron chi connectivity index (χ4n) is 4.82. The molecule has 2 atom stereocenters. The van der Waals surface area contributed by atoms with Gasteiger partial charge in [0, 0.05) is 36.9 Å². The van der Waals surface area contributed by atoms with Crippen LogP contribution in [0.1, 0.15) is 25.1 Å². The van der Waals surface area contributed by atoms with E-state index in [4.69, 9.17) is 14.5 Å². The lowest BCUT2D eigenvalue weighted by molar-refractivity contribution is 0.393. The third-order valence-corrected chi connectivity index (χ3v) is 6.36. The Morgan fingerprint density at radius 3 is 2.41 bits per heavy atom. The molecule has 0 saturated carbocycles. The van der Waals surface area contributed by atoms with E-state index in [0.717, 1.165) is 71.2 Å². The van der Waals surface area contributed by atoms with Gasteiger partial charge in [-0.2, -0.15) is 5.10 Å². The number of rotatable bonds is 7. The summed E-state index contributed by atoms with van der Waals surface area (Å²) in [7, 11) is 3.34. The molecule has 3 N–H and O–H groups in total. The van der Waals surface area contributed by atoms with Crippen LogP contribution in [0.2, 0.25) is 0 Å². The maximum absolute atomic E-state index is 5.39. The van der Waals surface area contributed by atoms with Gasteiger partial charge in [-0.05, 0) is 62.6 Å². The maximum Gasteiger partial charge on any atom is 0.159 e. The summed E-state index contributed by atoms with van der Waals surface area (Å²) in [5.74, 6) is 2.38. The Labute approximate surface area is 199 Å². The summed E-state index contributed by atoms with van der Waals surface area (Å²) in [6.07, 6.45) is 1.67. The van der Waals surface area contributed by atoms with Gasteiger partial charge in [0.25, 0.3) is 0 Å². The third-order valence-electron chi connectivity index (χ3n) is 6.36. The third kappa shape index (κ3) is 4.59. The van der Waals surface area contributed by atoms with Gasteiger partial charge in [-0.1, -0.05) is 6.07 Å². The van der Waals surface area contributed by atoms with Crippen LogP contribution >= 0.6 is 0 Å². The van der Waals surface area contributed by atoms with Crippen LogP contribution in [0.5, 0.6) is 11.5 Å². The number of imidazole rings is 1. The molecule has 0 spiro atoms. The number of nitrogens with zero attached hydrogens (tertiary/aromatic N) is 3. The number of hydrogen-bond acceptors (Lipinski definition) is 6. The number of benzene rings is 2. The number of methoxy groups -OCH3 is 2. The number of anilines is 1. The van der Waals surface area contributed by atoms with Crippen molar-refractivity contribution in [3.05, 3.63) is 53.7 Å². The Hall–Kier alpha value is -3.52. The predicted octanol–water partition coefficient (Wildman–Crippen LogP) is 3.94. The van der Waals surface area contributed by atoms with E-state index in [2.05, 4.69) is 63.5 Å². The smallest absolute Gasteiger partial charge is 0.159 e. The van der Waals surface area contributed by atoms with Crippen molar-refractivity contribution in [3.8, 4) is 23.0 Å². The lowest BCUT2D eigenvalue weighted by Gasteiger charge is -2.37. The highest BCUT2D eigenvalue weighted by Crippen LogP contribution is 2.29. The average molecular weight is 461 g/mol. The van der Waals surface area contributed by atoms with Crippen LogP contribution in [0.15, 0.2) is 42.5 Å². The fourth-order valence-corrected chi connectivity index (χ4v) is 4.82. The van der Waals surface area contributed by atoms with Gasteiger partial charge in [-0.25, -0.2) is 4.98 Å². The normalized spacial score (nSPS) is 18.4. The number of ether oxygens (including phenoxy) is 2. The van der Waals surface area contributed by atoms with E-state index in [1.165, 1.54) is 5.69 Å². The number of para-hydroxylation sites is 1. The van der Waals surface area contributed by atoms with Gasteiger partial charge >= 0.3 is 0 Å². The minimum absolute atomic E-state index is 0.441. The molecule has 1 aliphatic heterocycles. The van der Waals surface area contributed by atoms with Crippen LogP contribution in [-0.2, 0) is 12.8 Å². The second kappa shape index (κ2) is 9.38. The number of aryl methyl sites for hydroxylation is 2. The molecule has 1 fully saturated rings. The average Bonchev–Trinajstić information content (AvgIpc) is 3.48. The van der Waals surface area contributed by atoms with Crippen molar-refractivity contribution in [1.29, 1.82) is 0 Å². The van der Waals surface area contributed by atoms with Crippen LogP contribution < -0.4 is 19.7 Å². The van der Waals surface area contributed by atoms with Gasteiger partial charge in [-0.15, -0.1) is 0 Å². The Morgan fingerprint density at radius 2 is 1.71 bits per heavy atom. The van der Waals surface area contributed by atoms with Crippen LogP contribution in [0.4, 0.5) is 5.69 Å². The van der Waals surface area contributed by atoms with Crippen molar-refractivity contribution in [2.75, 3.05) is 32.2 Å². The standard InChI is InChI=1S/C26H32N6O2/c1-16-14-32(15-17(2)27-16)24-7-5-6-22-25(24)29-26(28-22)23-12-19(30-31-23)9-8-18-10-20(33-3)13-21(11-18)34-4/h5-7,10-13,16-17,27H,8-9,14-15H2,1-4H3,(H,28,29)(H,30,31)/t16-,17+. The van der Waals surface area contributed by atoms with E-state index in [1.807, 2.05) is 18.2 Å². The Morgan fingerprint density at radius 1 is 0.971 bits per heavy atom. The highest BCUT2D eigenvalue weighted by Gasteiger charge is 2.23. The summed E-state index contributed by atoms with van der Waals surface area (Å²) in [4.78, 5) is 10.8. The molecule has 4 aromatic rings. The van der Waals surface area contributed by atoms with Crippen molar-refractivity contribution < 1.29 is 9.47 Å². The molecule has 178 valence electrons. The van der Waals surface area contributed by atoms with E-state index in [9.17, 15) is 0 Å². The molecular formula is C26H32N6O2. The topological polar surface area (TPSA) is 91.1 Å². The SMILES string of the molecule is COc1cc(CCc2cc(-c3nc4c(N5C[C@@H](C)N[C@@H](C)C5)cccc4[nH]3)n[nH]2)cc(OC)c1. The number of fused-ring (bicyclic) bond motifs is 1. The predicted molar refractivity (Wildman–Crippen MR) is 135 cm³/mol. The van der Waals surface area contributed by atoms with Crippen molar-refractivity contribution in [1.82, 2.24) is 25.5 Å². The minimum Gasteiger partial charge on any atom is -0.497 e.